The summed E-state index contributed by atoms with van der Waals surface area (Å²) in [6, 6.07) is 10.2. The van der Waals surface area contributed by atoms with Gasteiger partial charge < -0.3 is 19.5 Å². The Balaban J connectivity index is 1.98. The van der Waals surface area contributed by atoms with Crippen LogP contribution in [0.4, 0.5) is 0 Å². The first-order valence-electron chi connectivity index (χ1n) is 8.71. The largest absolute Gasteiger partial charge is 0.490 e. The van der Waals surface area contributed by atoms with Gasteiger partial charge in [0.05, 0.1) is 24.3 Å². The molecule has 146 valence electrons. The molecule has 0 radical (unpaired) electrons. The number of rotatable bonds is 9. The van der Waals surface area contributed by atoms with E-state index >= 15 is 0 Å². The van der Waals surface area contributed by atoms with Gasteiger partial charge in [-0.25, -0.2) is 0 Å². The summed E-state index contributed by atoms with van der Waals surface area (Å²) in [4.78, 5) is 12.2. The lowest BCUT2D eigenvalue weighted by molar-refractivity contribution is -0.123. The van der Waals surface area contributed by atoms with Crippen molar-refractivity contribution in [3.63, 3.8) is 0 Å². The Morgan fingerprint density at radius 3 is 2.30 bits per heavy atom. The Kier molecular flexibility index (Phi) is 8.07. The molecule has 1 N–H and O–H groups in total. The van der Waals surface area contributed by atoms with Crippen molar-refractivity contribution in [1.29, 1.82) is 0 Å². The highest BCUT2D eigenvalue weighted by Gasteiger charge is 2.14. The number of carbonyl (C=O) groups is 1. The lowest BCUT2D eigenvalue weighted by Crippen LogP contribution is -2.31. The van der Waals surface area contributed by atoms with E-state index in [2.05, 4.69) is 5.32 Å². The van der Waals surface area contributed by atoms with Gasteiger partial charge in [-0.3, -0.25) is 4.79 Å². The van der Waals surface area contributed by atoms with Crippen molar-refractivity contribution < 1.29 is 19.0 Å². The van der Waals surface area contributed by atoms with E-state index in [0.29, 0.717) is 40.5 Å². The van der Waals surface area contributed by atoms with E-state index in [1.165, 1.54) is 0 Å². The molecule has 2 aromatic rings. The average Bonchev–Trinajstić information content (AvgIpc) is 2.62. The van der Waals surface area contributed by atoms with E-state index in [4.69, 9.17) is 37.4 Å². The van der Waals surface area contributed by atoms with Crippen LogP contribution >= 0.6 is 23.2 Å². The summed E-state index contributed by atoms with van der Waals surface area (Å²) in [5.74, 6) is 1.48. The number of halogens is 2. The van der Waals surface area contributed by atoms with Crippen LogP contribution in [0.25, 0.3) is 0 Å². The van der Waals surface area contributed by atoms with Crippen LogP contribution in [0.1, 0.15) is 32.4 Å². The molecule has 1 atom stereocenters. The maximum Gasteiger partial charge on any atom is 0.258 e. The van der Waals surface area contributed by atoms with Crippen LogP contribution in [-0.2, 0) is 4.79 Å². The fourth-order valence-corrected chi connectivity index (χ4v) is 2.90. The Hall–Kier alpha value is -2.11. The van der Waals surface area contributed by atoms with Gasteiger partial charge in [-0.2, -0.15) is 0 Å². The van der Waals surface area contributed by atoms with Gasteiger partial charge in [0, 0.05) is 5.02 Å². The van der Waals surface area contributed by atoms with E-state index in [9.17, 15) is 4.79 Å². The molecule has 0 spiro atoms. The SMILES string of the molecule is CCOc1ccc([C@@H](C)NC(=O)COc2ccc(Cl)cc2Cl)cc1OCC. The highest BCUT2D eigenvalue weighted by molar-refractivity contribution is 6.35. The molecule has 0 aliphatic rings. The average molecular weight is 412 g/mol. The molecule has 0 aliphatic carbocycles. The molecular formula is C20H23Cl2NO4. The molecule has 2 rings (SSSR count). The lowest BCUT2D eigenvalue weighted by atomic mass is 10.1. The minimum Gasteiger partial charge on any atom is -0.490 e. The van der Waals surface area contributed by atoms with Crippen LogP contribution < -0.4 is 19.5 Å². The van der Waals surface area contributed by atoms with Gasteiger partial charge in [-0.05, 0) is 56.7 Å². The molecule has 2 aromatic carbocycles. The van der Waals surface area contributed by atoms with E-state index in [1.807, 2.05) is 39.0 Å². The first kappa shape index (κ1) is 21.2. The fraction of sp³-hybridized carbons (Fsp3) is 0.350. The highest BCUT2D eigenvalue weighted by atomic mass is 35.5. The van der Waals surface area contributed by atoms with Gasteiger partial charge in [0.25, 0.3) is 5.91 Å². The first-order chi connectivity index (χ1) is 12.9. The number of carbonyl (C=O) groups excluding carboxylic acids is 1. The van der Waals surface area contributed by atoms with Crippen molar-refractivity contribution >= 4 is 29.1 Å². The summed E-state index contributed by atoms with van der Waals surface area (Å²) in [7, 11) is 0. The topological polar surface area (TPSA) is 56.8 Å². The summed E-state index contributed by atoms with van der Waals surface area (Å²) >= 11 is 11.9. The zero-order chi connectivity index (χ0) is 19.8. The van der Waals surface area contributed by atoms with Crippen LogP contribution in [0.15, 0.2) is 36.4 Å². The Labute approximate surface area is 169 Å². The third kappa shape index (κ3) is 6.22. The third-order valence-corrected chi connectivity index (χ3v) is 4.23. The van der Waals surface area contributed by atoms with Gasteiger partial charge >= 0.3 is 0 Å². The quantitative estimate of drug-likeness (QED) is 0.627. The van der Waals surface area contributed by atoms with Gasteiger partial charge in [0.2, 0.25) is 0 Å². The van der Waals surface area contributed by atoms with E-state index < -0.39 is 0 Å². The first-order valence-corrected chi connectivity index (χ1v) is 9.46. The Morgan fingerprint density at radius 1 is 0.963 bits per heavy atom. The predicted octanol–water partition coefficient (Wildman–Crippen LogP) is 5.05. The number of nitrogens with one attached hydrogen (secondary N) is 1. The molecule has 0 bridgehead atoms. The molecule has 0 aliphatic heterocycles. The van der Waals surface area contributed by atoms with Crippen LogP contribution in [0.2, 0.25) is 10.0 Å². The summed E-state index contributed by atoms with van der Waals surface area (Å²) in [6.07, 6.45) is 0. The monoisotopic (exact) mass is 411 g/mol. The minimum atomic E-state index is -0.264. The van der Waals surface area contributed by atoms with Gasteiger partial charge in [0.15, 0.2) is 18.1 Å². The van der Waals surface area contributed by atoms with Crippen molar-refractivity contribution in [2.24, 2.45) is 0 Å². The molecular weight excluding hydrogens is 389 g/mol. The second kappa shape index (κ2) is 10.3. The molecule has 5 nitrogen and oxygen atoms in total. The van der Waals surface area contributed by atoms with E-state index in [-0.39, 0.29) is 18.6 Å². The Morgan fingerprint density at radius 2 is 1.63 bits per heavy atom. The molecule has 0 heterocycles. The molecule has 0 unspecified atom stereocenters. The van der Waals surface area contributed by atoms with Gasteiger partial charge in [0.1, 0.15) is 5.75 Å². The van der Waals surface area contributed by atoms with Gasteiger partial charge in [-0.15, -0.1) is 0 Å². The molecule has 0 saturated carbocycles. The fourth-order valence-electron chi connectivity index (χ4n) is 2.44. The molecule has 0 saturated heterocycles. The lowest BCUT2D eigenvalue weighted by Gasteiger charge is -2.18. The zero-order valence-corrected chi connectivity index (χ0v) is 17.1. The highest BCUT2D eigenvalue weighted by Crippen LogP contribution is 2.31. The number of benzene rings is 2. The summed E-state index contributed by atoms with van der Waals surface area (Å²) < 4.78 is 16.6. The number of amides is 1. The third-order valence-electron chi connectivity index (χ3n) is 3.70. The van der Waals surface area contributed by atoms with Crippen molar-refractivity contribution in [3.8, 4) is 17.2 Å². The smallest absolute Gasteiger partial charge is 0.258 e. The summed E-state index contributed by atoms with van der Waals surface area (Å²) in [5.41, 5.74) is 0.903. The predicted molar refractivity (Wildman–Crippen MR) is 107 cm³/mol. The molecule has 0 aromatic heterocycles. The van der Waals surface area contributed by atoms with Crippen LogP contribution in [0.5, 0.6) is 17.2 Å². The van der Waals surface area contributed by atoms with Crippen LogP contribution in [-0.4, -0.2) is 25.7 Å². The number of ether oxygens (including phenoxy) is 3. The summed E-state index contributed by atoms with van der Waals surface area (Å²) in [6.45, 7) is 6.64. The number of hydrogen-bond donors (Lipinski definition) is 1. The second-order valence-electron chi connectivity index (χ2n) is 5.72. The van der Waals surface area contributed by atoms with Gasteiger partial charge in [-0.1, -0.05) is 29.3 Å². The minimum absolute atomic E-state index is 0.152. The zero-order valence-electron chi connectivity index (χ0n) is 15.6. The molecule has 0 fully saturated rings. The van der Waals surface area contributed by atoms with E-state index in [1.54, 1.807) is 18.2 Å². The van der Waals surface area contributed by atoms with Crippen molar-refractivity contribution in [1.82, 2.24) is 5.32 Å². The standard InChI is InChI=1S/C20H23Cl2NO4/c1-4-25-18-8-6-14(10-19(18)26-5-2)13(3)23-20(24)12-27-17-9-7-15(21)11-16(17)22/h6-11,13H,4-5,12H2,1-3H3,(H,23,24)/t13-/m1/s1. The maximum absolute atomic E-state index is 12.2. The Bertz CT molecular complexity index is 783. The van der Waals surface area contributed by atoms with E-state index in [0.717, 1.165) is 5.56 Å². The van der Waals surface area contributed by atoms with Crippen molar-refractivity contribution in [3.05, 3.63) is 52.0 Å². The second-order valence-corrected chi connectivity index (χ2v) is 6.57. The van der Waals surface area contributed by atoms with Crippen molar-refractivity contribution in [2.45, 2.75) is 26.8 Å². The number of hydrogen-bond acceptors (Lipinski definition) is 4. The molecule has 27 heavy (non-hydrogen) atoms. The normalized spacial score (nSPS) is 11.6. The van der Waals surface area contributed by atoms with Crippen LogP contribution in [0, 0.1) is 0 Å². The van der Waals surface area contributed by atoms with Crippen LogP contribution in [0.3, 0.4) is 0 Å². The molecule has 7 heteroatoms. The maximum atomic E-state index is 12.2. The van der Waals surface area contributed by atoms with Crippen molar-refractivity contribution in [2.75, 3.05) is 19.8 Å². The molecule has 1 amide bonds. The summed E-state index contributed by atoms with van der Waals surface area (Å²) in [5, 5.41) is 3.75.